The Morgan fingerprint density at radius 2 is 1.75 bits per heavy atom. The summed E-state index contributed by atoms with van der Waals surface area (Å²) < 4.78 is 0. The minimum atomic E-state index is 0.698. The van der Waals surface area contributed by atoms with Crippen LogP contribution in [-0.2, 0) is 0 Å². The largest absolute Gasteiger partial charge is 0.330 e. The van der Waals surface area contributed by atoms with Crippen molar-refractivity contribution >= 4 is 0 Å². The number of rotatable bonds is 9. The quantitative estimate of drug-likeness (QED) is 0.631. The number of hydrogen-bond acceptors (Lipinski definition) is 2. The van der Waals surface area contributed by atoms with Gasteiger partial charge in [0.15, 0.2) is 0 Å². The summed E-state index contributed by atoms with van der Waals surface area (Å²) in [5, 5.41) is 3.68. The van der Waals surface area contributed by atoms with E-state index in [9.17, 15) is 0 Å². The third kappa shape index (κ3) is 3.74. The van der Waals surface area contributed by atoms with Crippen molar-refractivity contribution in [3.05, 3.63) is 0 Å². The lowest BCUT2D eigenvalue weighted by Gasteiger charge is -2.19. The van der Waals surface area contributed by atoms with Crippen LogP contribution in [-0.4, -0.2) is 19.6 Å². The van der Waals surface area contributed by atoms with Gasteiger partial charge >= 0.3 is 0 Å². The highest BCUT2D eigenvalue weighted by Crippen LogP contribution is 2.48. The fourth-order valence-corrected chi connectivity index (χ4v) is 2.93. The van der Waals surface area contributed by atoms with Gasteiger partial charge in [0.1, 0.15) is 0 Å². The zero-order valence-electron chi connectivity index (χ0n) is 10.8. The lowest BCUT2D eigenvalue weighted by atomic mass is 9.97. The van der Waals surface area contributed by atoms with Gasteiger partial charge in [0.25, 0.3) is 0 Å². The SMILES string of the molecule is CCCC(CN)CNCC(C1CC1)C1CC1. The van der Waals surface area contributed by atoms with Crippen LogP contribution in [0, 0.1) is 23.7 Å². The minimum absolute atomic E-state index is 0.698. The van der Waals surface area contributed by atoms with Crippen LogP contribution < -0.4 is 11.1 Å². The smallest absolute Gasteiger partial charge is 0.000834 e. The molecule has 0 radical (unpaired) electrons. The highest BCUT2D eigenvalue weighted by Gasteiger charge is 2.40. The summed E-state index contributed by atoms with van der Waals surface area (Å²) in [6.07, 6.45) is 8.53. The molecule has 2 rings (SSSR count). The van der Waals surface area contributed by atoms with Crippen molar-refractivity contribution in [2.75, 3.05) is 19.6 Å². The molecule has 0 aromatic rings. The molecular formula is C14H28N2. The van der Waals surface area contributed by atoms with Gasteiger partial charge in [-0.05, 0) is 75.4 Å². The van der Waals surface area contributed by atoms with E-state index in [0.29, 0.717) is 5.92 Å². The molecule has 0 heterocycles. The lowest BCUT2D eigenvalue weighted by molar-refractivity contribution is 0.355. The zero-order chi connectivity index (χ0) is 11.4. The van der Waals surface area contributed by atoms with Crippen LogP contribution in [0.3, 0.4) is 0 Å². The Labute approximate surface area is 100 Å². The van der Waals surface area contributed by atoms with Gasteiger partial charge in [-0.2, -0.15) is 0 Å². The van der Waals surface area contributed by atoms with Crippen molar-refractivity contribution in [2.45, 2.75) is 45.4 Å². The van der Waals surface area contributed by atoms with Gasteiger partial charge in [0.2, 0.25) is 0 Å². The highest BCUT2D eigenvalue weighted by atomic mass is 14.9. The molecule has 94 valence electrons. The van der Waals surface area contributed by atoms with E-state index in [1.54, 1.807) is 0 Å². The molecule has 0 saturated heterocycles. The molecule has 0 aromatic heterocycles. The summed E-state index contributed by atoms with van der Waals surface area (Å²) >= 11 is 0. The second-order valence-electron chi connectivity index (χ2n) is 5.89. The van der Waals surface area contributed by atoms with Crippen molar-refractivity contribution < 1.29 is 0 Å². The molecule has 2 aliphatic carbocycles. The predicted octanol–water partition coefficient (Wildman–Crippen LogP) is 2.39. The fraction of sp³-hybridized carbons (Fsp3) is 1.00. The topological polar surface area (TPSA) is 38.0 Å². The van der Waals surface area contributed by atoms with Crippen LogP contribution in [0.15, 0.2) is 0 Å². The first-order valence-corrected chi connectivity index (χ1v) is 7.26. The van der Waals surface area contributed by atoms with E-state index in [-0.39, 0.29) is 0 Å². The Kier molecular flexibility index (Phi) is 4.66. The fourth-order valence-electron chi connectivity index (χ4n) is 2.93. The summed E-state index contributed by atoms with van der Waals surface area (Å²) in [6, 6.07) is 0. The van der Waals surface area contributed by atoms with Gasteiger partial charge in [0.05, 0.1) is 0 Å². The Balaban J connectivity index is 1.61. The first-order valence-electron chi connectivity index (χ1n) is 7.26. The van der Waals surface area contributed by atoms with Crippen LogP contribution in [0.25, 0.3) is 0 Å². The van der Waals surface area contributed by atoms with E-state index in [2.05, 4.69) is 12.2 Å². The Hall–Kier alpha value is -0.0800. The molecule has 2 nitrogen and oxygen atoms in total. The molecule has 3 N–H and O–H groups in total. The van der Waals surface area contributed by atoms with E-state index < -0.39 is 0 Å². The Morgan fingerprint density at radius 1 is 1.12 bits per heavy atom. The van der Waals surface area contributed by atoms with Crippen LogP contribution in [0.2, 0.25) is 0 Å². The van der Waals surface area contributed by atoms with Crippen molar-refractivity contribution in [3.8, 4) is 0 Å². The molecule has 2 heteroatoms. The molecule has 0 bridgehead atoms. The predicted molar refractivity (Wildman–Crippen MR) is 69.3 cm³/mol. The van der Waals surface area contributed by atoms with Crippen molar-refractivity contribution in [2.24, 2.45) is 29.4 Å². The second-order valence-corrected chi connectivity index (χ2v) is 5.89. The monoisotopic (exact) mass is 224 g/mol. The highest BCUT2D eigenvalue weighted by molar-refractivity contribution is 4.92. The molecule has 2 fully saturated rings. The van der Waals surface area contributed by atoms with Crippen LogP contribution >= 0.6 is 0 Å². The molecule has 0 amide bonds. The Bertz CT molecular complexity index is 185. The third-order valence-corrected chi connectivity index (χ3v) is 4.30. The van der Waals surface area contributed by atoms with Crippen LogP contribution in [0.4, 0.5) is 0 Å². The molecule has 16 heavy (non-hydrogen) atoms. The van der Waals surface area contributed by atoms with Gasteiger partial charge in [-0.25, -0.2) is 0 Å². The summed E-state index contributed by atoms with van der Waals surface area (Å²) in [4.78, 5) is 0. The third-order valence-electron chi connectivity index (χ3n) is 4.30. The number of nitrogens with one attached hydrogen (secondary N) is 1. The molecule has 1 atom stereocenters. The summed E-state index contributed by atoms with van der Waals surface area (Å²) in [5.41, 5.74) is 5.78. The molecule has 1 unspecified atom stereocenters. The second kappa shape index (κ2) is 6.02. The van der Waals surface area contributed by atoms with Crippen LogP contribution in [0.5, 0.6) is 0 Å². The average molecular weight is 224 g/mol. The van der Waals surface area contributed by atoms with Gasteiger partial charge in [-0.3, -0.25) is 0 Å². The van der Waals surface area contributed by atoms with Crippen LogP contribution in [0.1, 0.15) is 45.4 Å². The van der Waals surface area contributed by atoms with E-state index in [4.69, 9.17) is 5.73 Å². The van der Waals surface area contributed by atoms with E-state index in [1.807, 2.05) is 0 Å². The average Bonchev–Trinajstić information content (AvgIpc) is 3.16. The number of nitrogens with two attached hydrogens (primary N) is 1. The summed E-state index contributed by atoms with van der Waals surface area (Å²) in [6.45, 7) is 5.49. The van der Waals surface area contributed by atoms with Gasteiger partial charge in [-0.1, -0.05) is 13.3 Å². The van der Waals surface area contributed by atoms with Gasteiger partial charge in [-0.15, -0.1) is 0 Å². The van der Waals surface area contributed by atoms with Crippen molar-refractivity contribution in [3.63, 3.8) is 0 Å². The zero-order valence-corrected chi connectivity index (χ0v) is 10.8. The number of hydrogen-bond donors (Lipinski definition) is 2. The van der Waals surface area contributed by atoms with Gasteiger partial charge in [0, 0.05) is 0 Å². The summed E-state index contributed by atoms with van der Waals surface area (Å²) in [7, 11) is 0. The van der Waals surface area contributed by atoms with Crippen molar-refractivity contribution in [1.82, 2.24) is 5.32 Å². The molecule has 2 saturated carbocycles. The van der Waals surface area contributed by atoms with E-state index >= 15 is 0 Å². The molecule has 0 spiro atoms. The molecule has 2 aliphatic rings. The molecular weight excluding hydrogens is 196 g/mol. The molecule has 0 aromatic carbocycles. The normalized spacial score (nSPS) is 22.7. The molecule has 0 aliphatic heterocycles. The maximum absolute atomic E-state index is 5.78. The maximum atomic E-state index is 5.78. The lowest BCUT2D eigenvalue weighted by Crippen LogP contribution is -2.32. The minimum Gasteiger partial charge on any atom is -0.330 e. The maximum Gasteiger partial charge on any atom is -0.000834 e. The summed E-state index contributed by atoms with van der Waals surface area (Å²) in [5.74, 6) is 3.84. The first-order chi connectivity index (χ1) is 7.85. The van der Waals surface area contributed by atoms with E-state index in [0.717, 1.165) is 30.8 Å². The van der Waals surface area contributed by atoms with Gasteiger partial charge < -0.3 is 11.1 Å². The van der Waals surface area contributed by atoms with Crippen molar-refractivity contribution in [1.29, 1.82) is 0 Å². The Morgan fingerprint density at radius 3 is 2.19 bits per heavy atom. The van der Waals surface area contributed by atoms with E-state index in [1.165, 1.54) is 45.1 Å². The first kappa shape index (κ1) is 12.4. The standard InChI is InChI=1S/C14H28N2/c1-2-3-11(8-15)9-16-10-14(12-4-5-12)13-6-7-13/h11-14,16H,2-10,15H2,1H3.